The lowest BCUT2D eigenvalue weighted by molar-refractivity contribution is 0.0919. The second-order valence-electron chi connectivity index (χ2n) is 5.94. The number of anilines is 1. The molecule has 0 aliphatic heterocycles. The number of hydrogen-bond donors (Lipinski definition) is 2. The van der Waals surface area contributed by atoms with E-state index in [0.717, 1.165) is 25.0 Å². The number of aromatic nitrogens is 1. The number of carbonyl (C=O) groups excluding carboxylic acids is 1. The molecule has 2 saturated carbocycles. The van der Waals surface area contributed by atoms with Crippen LogP contribution in [0.2, 0.25) is 0 Å². The fraction of sp³-hybridized carbons (Fsp3) is 0.667. The summed E-state index contributed by atoms with van der Waals surface area (Å²) in [5.41, 5.74) is 7.28. The number of nitrogen functional groups attached to an aromatic ring is 1. The third-order valence-electron chi connectivity index (χ3n) is 4.36. The Morgan fingerprint density at radius 2 is 2.10 bits per heavy atom. The Balaban J connectivity index is 1.72. The third-order valence-corrected chi connectivity index (χ3v) is 5.53. The predicted molar refractivity (Wildman–Crippen MR) is 84.1 cm³/mol. The average Bonchev–Trinajstić information content (AvgIpc) is 3.22. The molecule has 4 nitrogen and oxygen atoms in total. The van der Waals surface area contributed by atoms with Crippen molar-refractivity contribution in [2.75, 3.05) is 12.0 Å². The van der Waals surface area contributed by atoms with E-state index in [2.05, 4.69) is 16.1 Å². The second-order valence-corrected chi connectivity index (χ2v) is 7.01. The molecule has 110 valence electrons. The molecule has 1 heterocycles. The maximum absolute atomic E-state index is 12.5. The van der Waals surface area contributed by atoms with Gasteiger partial charge in [-0.2, -0.15) is 11.8 Å². The first-order valence-corrected chi connectivity index (χ1v) is 8.79. The van der Waals surface area contributed by atoms with Gasteiger partial charge in [0.25, 0.3) is 5.91 Å². The molecule has 20 heavy (non-hydrogen) atoms. The van der Waals surface area contributed by atoms with E-state index >= 15 is 0 Å². The molecular weight excluding hydrogens is 270 g/mol. The fourth-order valence-corrected chi connectivity index (χ4v) is 4.06. The van der Waals surface area contributed by atoms with Crippen molar-refractivity contribution in [2.24, 2.45) is 0 Å². The molecule has 2 fully saturated rings. The first kappa shape index (κ1) is 13.9. The van der Waals surface area contributed by atoms with Crippen molar-refractivity contribution in [3.63, 3.8) is 0 Å². The van der Waals surface area contributed by atoms with Crippen molar-refractivity contribution in [2.45, 2.75) is 55.9 Å². The molecule has 0 saturated heterocycles. The Kier molecular flexibility index (Phi) is 3.96. The highest BCUT2D eigenvalue weighted by atomic mass is 32.2. The van der Waals surface area contributed by atoms with E-state index in [9.17, 15) is 4.79 Å². The average molecular weight is 293 g/mol. The minimum atomic E-state index is 0.0413. The molecule has 0 aromatic carbocycles. The maximum Gasteiger partial charge on any atom is 0.268 e. The number of nitrogens with one attached hydrogen (secondary N) is 1. The predicted octanol–water partition coefficient (Wildman–Crippen LogP) is 2.81. The summed E-state index contributed by atoms with van der Waals surface area (Å²) in [5, 5.41) is 3.79. The van der Waals surface area contributed by atoms with Crippen molar-refractivity contribution in [3.8, 4) is 0 Å². The van der Waals surface area contributed by atoms with Gasteiger partial charge in [-0.3, -0.25) is 4.79 Å². The number of amides is 1. The van der Waals surface area contributed by atoms with Gasteiger partial charge >= 0.3 is 0 Å². The summed E-state index contributed by atoms with van der Waals surface area (Å²) in [7, 11) is 0. The lowest BCUT2D eigenvalue weighted by atomic mass is 9.95. The van der Waals surface area contributed by atoms with Crippen LogP contribution in [0.15, 0.2) is 12.3 Å². The van der Waals surface area contributed by atoms with Crippen LogP contribution in [0.4, 0.5) is 5.69 Å². The number of nitrogens with zero attached hydrogens (tertiary/aromatic N) is 1. The lowest BCUT2D eigenvalue weighted by Gasteiger charge is -2.31. The molecule has 2 unspecified atom stereocenters. The van der Waals surface area contributed by atoms with Crippen LogP contribution >= 0.6 is 11.8 Å². The lowest BCUT2D eigenvalue weighted by Crippen LogP contribution is -2.44. The fourth-order valence-electron chi connectivity index (χ4n) is 3.12. The third kappa shape index (κ3) is 2.82. The van der Waals surface area contributed by atoms with Gasteiger partial charge in [-0.1, -0.05) is 12.8 Å². The highest BCUT2D eigenvalue weighted by Gasteiger charge is 2.30. The molecule has 0 spiro atoms. The molecule has 3 rings (SSSR count). The SMILES string of the molecule is CSC1CCCCC1NC(=O)c1cc(N)cn1C1CC1. The highest BCUT2D eigenvalue weighted by molar-refractivity contribution is 7.99. The summed E-state index contributed by atoms with van der Waals surface area (Å²) in [6.07, 6.45) is 11.2. The monoisotopic (exact) mass is 293 g/mol. The van der Waals surface area contributed by atoms with Crippen molar-refractivity contribution in [1.82, 2.24) is 9.88 Å². The topological polar surface area (TPSA) is 60.1 Å². The van der Waals surface area contributed by atoms with E-state index < -0.39 is 0 Å². The summed E-state index contributed by atoms with van der Waals surface area (Å²) in [4.78, 5) is 12.5. The van der Waals surface area contributed by atoms with Gasteiger partial charge in [0.1, 0.15) is 5.69 Å². The van der Waals surface area contributed by atoms with E-state index in [-0.39, 0.29) is 5.91 Å². The Bertz CT molecular complexity index is 495. The van der Waals surface area contributed by atoms with Crippen LogP contribution in [0, 0.1) is 0 Å². The van der Waals surface area contributed by atoms with Crippen LogP contribution in [0.1, 0.15) is 55.1 Å². The van der Waals surface area contributed by atoms with E-state index in [1.54, 1.807) is 0 Å². The zero-order valence-corrected chi connectivity index (χ0v) is 12.8. The minimum absolute atomic E-state index is 0.0413. The summed E-state index contributed by atoms with van der Waals surface area (Å²) in [5.74, 6) is 0.0413. The van der Waals surface area contributed by atoms with Gasteiger partial charge in [-0.15, -0.1) is 0 Å². The van der Waals surface area contributed by atoms with Crippen LogP contribution in [0.5, 0.6) is 0 Å². The Hall–Kier alpha value is -1.10. The van der Waals surface area contributed by atoms with Gasteiger partial charge in [0.15, 0.2) is 0 Å². The number of nitrogens with two attached hydrogens (primary N) is 1. The van der Waals surface area contributed by atoms with Crippen molar-refractivity contribution in [1.29, 1.82) is 0 Å². The first-order valence-electron chi connectivity index (χ1n) is 7.50. The van der Waals surface area contributed by atoms with Crippen molar-refractivity contribution >= 4 is 23.4 Å². The zero-order chi connectivity index (χ0) is 14.1. The van der Waals surface area contributed by atoms with Crippen LogP contribution in [-0.4, -0.2) is 28.0 Å². The normalized spacial score (nSPS) is 26.4. The van der Waals surface area contributed by atoms with E-state index in [1.165, 1.54) is 19.3 Å². The molecule has 1 aromatic heterocycles. The van der Waals surface area contributed by atoms with Crippen LogP contribution < -0.4 is 11.1 Å². The van der Waals surface area contributed by atoms with Crippen molar-refractivity contribution < 1.29 is 4.79 Å². The zero-order valence-electron chi connectivity index (χ0n) is 12.0. The molecule has 5 heteroatoms. The number of carbonyl (C=O) groups is 1. The largest absolute Gasteiger partial charge is 0.397 e. The van der Waals surface area contributed by atoms with E-state index in [4.69, 9.17) is 5.73 Å². The standard InChI is InChI=1S/C15H23N3OS/c1-20-14-5-3-2-4-12(14)17-15(19)13-8-10(16)9-18(13)11-6-7-11/h8-9,11-12,14H,2-7,16H2,1H3,(H,17,19). The molecule has 2 aliphatic carbocycles. The summed E-state index contributed by atoms with van der Waals surface area (Å²) < 4.78 is 2.06. The van der Waals surface area contributed by atoms with Gasteiger partial charge in [-0.05, 0) is 38.0 Å². The summed E-state index contributed by atoms with van der Waals surface area (Å²) in [6.45, 7) is 0. The number of rotatable bonds is 4. The van der Waals surface area contributed by atoms with Gasteiger partial charge in [0.2, 0.25) is 0 Å². The van der Waals surface area contributed by atoms with Crippen molar-refractivity contribution in [3.05, 3.63) is 18.0 Å². The van der Waals surface area contributed by atoms with Gasteiger partial charge < -0.3 is 15.6 Å². The molecule has 0 radical (unpaired) electrons. The summed E-state index contributed by atoms with van der Waals surface area (Å²) in [6, 6.07) is 2.59. The van der Waals surface area contributed by atoms with E-state index in [1.807, 2.05) is 24.0 Å². The second kappa shape index (κ2) is 5.72. The first-order chi connectivity index (χ1) is 9.69. The molecule has 1 aromatic rings. The molecule has 0 bridgehead atoms. The quantitative estimate of drug-likeness (QED) is 0.897. The Morgan fingerprint density at radius 1 is 1.35 bits per heavy atom. The minimum Gasteiger partial charge on any atom is -0.397 e. The highest BCUT2D eigenvalue weighted by Crippen LogP contribution is 2.37. The van der Waals surface area contributed by atoms with Gasteiger partial charge in [0.05, 0.1) is 5.69 Å². The summed E-state index contributed by atoms with van der Waals surface area (Å²) >= 11 is 1.87. The van der Waals surface area contributed by atoms with Crippen LogP contribution in [0.25, 0.3) is 0 Å². The number of thioether (sulfide) groups is 1. The Labute approximate surface area is 124 Å². The number of hydrogen-bond acceptors (Lipinski definition) is 3. The molecular formula is C15H23N3OS. The Morgan fingerprint density at radius 3 is 2.80 bits per heavy atom. The van der Waals surface area contributed by atoms with Gasteiger partial charge in [0, 0.05) is 23.5 Å². The molecule has 3 N–H and O–H groups in total. The van der Waals surface area contributed by atoms with Crippen LogP contribution in [-0.2, 0) is 0 Å². The molecule has 2 atom stereocenters. The van der Waals surface area contributed by atoms with Gasteiger partial charge in [-0.25, -0.2) is 0 Å². The maximum atomic E-state index is 12.5. The molecule has 1 amide bonds. The smallest absolute Gasteiger partial charge is 0.268 e. The van der Waals surface area contributed by atoms with Crippen LogP contribution in [0.3, 0.4) is 0 Å². The van der Waals surface area contributed by atoms with E-state index in [0.29, 0.717) is 23.0 Å². The molecule has 2 aliphatic rings.